The summed E-state index contributed by atoms with van der Waals surface area (Å²) in [6.07, 6.45) is 0. The quantitative estimate of drug-likeness (QED) is 0.826. The lowest BCUT2D eigenvalue weighted by Gasteiger charge is -2.12. The van der Waals surface area contributed by atoms with Crippen LogP contribution in [0.1, 0.15) is 11.1 Å². The molecule has 0 aliphatic heterocycles. The second-order valence-electron chi connectivity index (χ2n) is 4.68. The van der Waals surface area contributed by atoms with E-state index in [0.717, 1.165) is 11.1 Å². The Morgan fingerprint density at radius 2 is 1.76 bits per heavy atom. The molecule has 2 rings (SSSR count). The summed E-state index contributed by atoms with van der Waals surface area (Å²) in [6, 6.07) is 7.54. The SMILES string of the molecule is Cc1cc(S(=O)(=O)Nc2cc(Cl)ccc2Cl)cc(N)c1C. The molecule has 0 aliphatic carbocycles. The summed E-state index contributed by atoms with van der Waals surface area (Å²) in [7, 11) is -3.79. The van der Waals surface area contributed by atoms with E-state index in [1.54, 1.807) is 19.1 Å². The van der Waals surface area contributed by atoms with Gasteiger partial charge in [-0.25, -0.2) is 8.42 Å². The highest BCUT2D eigenvalue weighted by atomic mass is 35.5. The minimum Gasteiger partial charge on any atom is -0.398 e. The number of nitrogen functional groups attached to an aromatic ring is 1. The second kappa shape index (κ2) is 5.75. The Morgan fingerprint density at radius 3 is 2.38 bits per heavy atom. The first-order valence-corrected chi connectivity index (χ1v) is 8.29. The molecule has 0 bridgehead atoms. The average Bonchev–Trinajstić information content (AvgIpc) is 2.39. The molecule has 2 aromatic rings. The summed E-state index contributed by atoms with van der Waals surface area (Å²) in [4.78, 5) is 0.0825. The molecule has 4 nitrogen and oxygen atoms in total. The third-order valence-corrected chi connectivity index (χ3v) is 5.07. The number of anilines is 2. The number of benzene rings is 2. The summed E-state index contributed by atoms with van der Waals surface area (Å²) in [5, 5.41) is 0.650. The number of hydrogen-bond donors (Lipinski definition) is 2. The van der Waals surface area contributed by atoms with Crippen molar-refractivity contribution in [1.29, 1.82) is 0 Å². The first kappa shape index (κ1) is 15.9. The number of sulfonamides is 1. The predicted molar refractivity (Wildman–Crippen MR) is 87.6 cm³/mol. The van der Waals surface area contributed by atoms with Crippen molar-refractivity contribution in [1.82, 2.24) is 0 Å². The van der Waals surface area contributed by atoms with E-state index >= 15 is 0 Å². The van der Waals surface area contributed by atoms with Gasteiger partial charge < -0.3 is 5.73 Å². The molecule has 0 saturated carbocycles. The van der Waals surface area contributed by atoms with Crippen molar-refractivity contribution >= 4 is 44.6 Å². The van der Waals surface area contributed by atoms with Crippen molar-refractivity contribution in [3.8, 4) is 0 Å². The van der Waals surface area contributed by atoms with Gasteiger partial charge in [0.1, 0.15) is 0 Å². The van der Waals surface area contributed by atoms with Crippen LogP contribution in [0.2, 0.25) is 10.0 Å². The van der Waals surface area contributed by atoms with Gasteiger partial charge in [0, 0.05) is 10.7 Å². The summed E-state index contributed by atoms with van der Waals surface area (Å²) in [6.45, 7) is 3.64. The highest BCUT2D eigenvalue weighted by molar-refractivity contribution is 7.92. The number of halogens is 2. The Morgan fingerprint density at radius 1 is 1.10 bits per heavy atom. The maximum Gasteiger partial charge on any atom is 0.262 e. The van der Waals surface area contributed by atoms with Crippen LogP contribution >= 0.6 is 23.2 Å². The Bertz CT molecular complexity index is 782. The highest BCUT2D eigenvalue weighted by Gasteiger charge is 2.18. The zero-order chi connectivity index (χ0) is 15.8. The molecule has 7 heteroatoms. The van der Waals surface area contributed by atoms with E-state index in [1.807, 2.05) is 6.92 Å². The molecule has 0 aliphatic rings. The van der Waals surface area contributed by atoms with Crippen LogP contribution < -0.4 is 10.5 Å². The average molecular weight is 345 g/mol. The molecule has 3 N–H and O–H groups in total. The van der Waals surface area contributed by atoms with Crippen LogP contribution in [0, 0.1) is 13.8 Å². The number of nitrogens with two attached hydrogens (primary N) is 1. The van der Waals surface area contributed by atoms with Crippen LogP contribution in [0.5, 0.6) is 0 Å². The van der Waals surface area contributed by atoms with E-state index in [1.165, 1.54) is 18.2 Å². The van der Waals surface area contributed by atoms with Gasteiger partial charge in [0.05, 0.1) is 15.6 Å². The largest absolute Gasteiger partial charge is 0.398 e. The zero-order valence-corrected chi connectivity index (χ0v) is 13.8. The molecule has 112 valence electrons. The lowest BCUT2D eigenvalue weighted by atomic mass is 10.1. The van der Waals surface area contributed by atoms with Crippen LogP contribution in [-0.2, 0) is 10.0 Å². The number of nitrogens with one attached hydrogen (secondary N) is 1. The molecule has 0 heterocycles. The fraction of sp³-hybridized carbons (Fsp3) is 0.143. The summed E-state index contributed by atoms with van der Waals surface area (Å²) >= 11 is 11.8. The van der Waals surface area contributed by atoms with Crippen LogP contribution in [0.4, 0.5) is 11.4 Å². The normalized spacial score (nSPS) is 11.4. The summed E-state index contributed by atoms with van der Waals surface area (Å²) < 4.78 is 27.2. The molecule has 2 aromatic carbocycles. The van der Waals surface area contributed by atoms with E-state index in [4.69, 9.17) is 28.9 Å². The van der Waals surface area contributed by atoms with Gasteiger partial charge in [-0.2, -0.15) is 0 Å². The van der Waals surface area contributed by atoms with Gasteiger partial charge in [-0.15, -0.1) is 0 Å². The minimum absolute atomic E-state index is 0.0825. The fourth-order valence-electron chi connectivity index (χ4n) is 1.79. The number of hydrogen-bond acceptors (Lipinski definition) is 3. The zero-order valence-electron chi connectivity index (χ0n) is 11.4. The molecular formula is C14H14Cl2N2O2S. The second-order valence-corrected chi connectivity index (χ2v) is 7.21. The molecule has 0 spiro atoms. The maximum absolute atomic E-state index is 12.4. The van der Waals surface area contributed by atoms with Crippen molar-refractivity contribution in [3.63, 3.8) is 0 Å². The minimum atomic E-state index is -3.79. The van der Waals surface area contributed by atoms with Crippen LogP contribution in [0.25, 0.3) is 0 Å². The van der Waals surface area contributed by atoms with E-state index in [2.05, 4.69) is 4.72 Å². The van der Waals surface area contributed by atoms with Gasteiger partial charge in [0.25, 0.3) is 10.0 Å². The summed E-state index contributed by atoms with van der Waals surface area (Å²) in [5.74, 6) is 0. The first-order valence-electron chi connectivity index (χ1n) is 6.05. The van der Waals surface area contributed by atoms with Crippen molar-refractivity contribution < 1.29 is 8.42 Å². The molecule has 0 aromatic heterocycles. The number of aryl methyl sites for hydroxylation is 1. The van der Waals surface area contributed by atoms with Crippen LogP contribution in [0.3, 0.4) is 0 Å². The van der Waals surface area contributed by atoms with Gasteiger partial charge in [0.2, 0.25) is 0 Å². The van der Waals surface area contributed by atoms with Gasteiger partial charge in [-0.05, 0) is 55.3 Å². The lowest BCUT2D eigenvalue weighted by Crippen LogP contribution is -2.14. The van der Waals surface area contributed by atoms with Crippen molar-refractivity contribution in [3.05, 3.63) is 51.5 Å². The van der Waals surface area contributed by atoms with Crippen molar-refractivity contribution in [2.45, 2.75) is 18.7 Å². The third-order valence-electron chi connectivity index (χ3n) is 3.16. The monoisotopic (exact) mass is 344 g/mol. The lowest BCUT2D eigenvalue weighted by molar-refractivity contribution is 0.601. The fourth-order valence-corrected chi connectivity index (χ4v) is 3.37. The molecule has 0 saturated heterocycles. The molecule has 0 atom stereocenters. The van der Waals surface area contributed by atoms with Gasteiger partial charge in [-0.1, -0.05) is 23.2 Å². The molecular weight excluding hydrogens is 331 g/mol. The predicted octanol–water partition coefficient (Wildman–Crippen LogP) is 3.99. The summed E-state index contributed by atoms with van der Waals surface area (Å²) in [5.41, 5.74) is 8.13. The molecule has 21 heavy (non-hydrogen) atoms. The third kappa shape index (κ3) is 3.43. The van der Waals surface area contributed by atoms with Crippen molar-refractivity contribution in [2.75, 3.05) is 10.5 Å². The van der Waals surface area contributed by atoms with Gasteiger partial charge >= 0.3 is 0 Å². The van der Waals surface area contributed by atoms with E-state index in [0.29, 0.717) is 10.7 Å². The van der Waals surface area contributed by atoms with E-state index in [9.17, 15) is 8.42 Å². The molecule has 0 fully saturated rings. The topological polar surface area (TPSA) is 72.2 Å². The van der Waals surface area contributed by atoms with Crippen LogP contribution in [-0.4, -0.2) is 8.42 Å². The Kier molecular flexibility index (Phi) is 4.37. The Labute approximate surface area is 133 Å². The molecule has 0 amide bonds. The number of rotatable bonds is 3. The Balaban J connectivity index is 2.46. The van der Waals surface area contributed by atoms with Gasteiger partial charge in [0.15, 0.2) is 0 Å². The highest BCUT2D eigenvalue weighted by Crippen LogP contribution is 2.29. The maximum atomic E-state index is 12.4. The van der Waals surface area contributed by atoms with Crippen LogP contribution in [0.15, 0.2) is 35.2 Å². The standard InChI is InChI=1S/C14H14Cl2N2O2S/c1-8-5-11(7-13(17)9(8)2)21(19,20)18-14-6-10(15)3-4-12(14)16/h3-7,18H,17H2,1-2H3. The molecule has 0 radical (unpaired) electrons. The van der Waals surface area contributed by atoms with Crippen molar-refractivity contribution in [2.24, 2.45) is 0 Å². The van der Waals surface area contributed by atoms with E-state index in [-0.39, 0.29) is 15.6 Å². The van der Waals surface area contributed by atoms with Gasteiger partial charge in [-0.3, -0.25) is 4.72 Å². The molecule has 0 unspecified atom stereocenters. The smallest absolute Gasteiger partial charge is 0.262 e. The van der Waals surface area contributed by atoms with E-state index < -0.39 is 10.0 Å². The Hall–Kier alpha value is -1.43. The first-order chi connectivity index (χ1) is 9.70.